The number of piperidine rings is 1. The molecule has 1 saturated heterocycles. The second kappa shape index (κ2) is 5.09. The minimum absolute atomic E-state index is 0.0626. The standard InChI is InChI=1S/C16H21NO3/c1-20-13-4-2-3-12(11-13)15(19)17-9-7-16(8-10-17)6-5-14(16)18/h2-4,11,14,18H,5-10H2,1H3. The zero-order valence-electron chi connectivity index (χ0n) is 11.8. The van der Waals surface area contributed by atoms with Crippen molar-refractivity contribution in [2.24, 2.45) is 5.41 Å². The van der Waals surface area contributed by atoms with Crippen LogP contribution in [0.3, 0.4) is 0 Å². The number of rotatable bonds is 2. The van der Waals surface area contributed by atoms with Crippen molar-refractivity contribution in [2.45, 2.75) is 31.8 Å². The van der Waals surface area contributed by atoms with Gasteiger partial charge in [0, 0.05) is 18.7 Å². The van der Waals surface area contributed by atoms with Crippen molar-refractivity contribution in [3.63, 3.8) is 0 Å². The van der Waals surface area contributed by atoms with Crippen molar-refractivity contribution in [3.05, 3.63) is 29.8 Å². The molecule has 2 fully saturated rings. The summed E-state index contributed by atoms with van der Waals surface area (Å²) in [4.78, 5) is 14.4. The zero-order valence-corrected chi connectivity index (χ0v) is 11.8. The highest BCUT2D eigenvalue weighted by molar-refractivity contribution is 5.94. The fourth-order valence-corrected chi connectivity index (χ4v) is 3.36. The molecule has 0 bridgehead atoms. The topological polar surface area (TPSA) is 49.8 Å². The average Bonchev–Trinajstić information content (AvgIpc) is 2.53. The second-order valence-corrected chi connectivity index (χ2v) is 5.94. The van der Waals surface area contributed by atoms with Crippen LogP contribution in [0.1, 0.15) is 36.0 Å². The smallest absolute Gasteiger partial charge is 0.253 e. The van der Waals surface area contributed by atoms with Gasteiger partial charge in [0.05, 0.1) is 13.2 Å². The van der Waals surface area contributed by atoms with Crippen LogP contribution < -0.4 is 4.74 Å². The molecule has 1 amide bonds. The van der Waals surface area contributed by atoms with Crippen molar-refractivity contribution < 1.29 is 14.6 Å². The molecule has 1 saturated carbocycles. The van der Waals surface area contributed by atoms with Gasteiger partial charge in [0.2, 0.25) is 0 Å². The number of nitrogens with zero attached hydrogens (tertiary/aromatic N) is 1. The molecule has 108 valence electrons. The quantitative estimate of drug-likeness (QED) is 0.899. The largest absolute Gasteiger partial charge is 0.497 e. The van der Waals surface area contributed by atoms with Crippen LogP contribution in [-0.4, -0.2) is 42.2 Å². The van der Waals surface area contributed by atoms with Crippen molar-refractivity contribution in [1.82, 2.24) is 4.90 Å². The molecule has 1 aromatic carbocycles. The van der Waals surface area contributed by atoms with Crippen molar-refractivity contribution in [2.75, 3.05) is 20.2 Å². The van der Waals surface area contributed by atoms with Crippen LogP contribution in [0.4, 0.5) is 0 Å². The second-order valence-electron chi connectivity index (χ2n) is 5.94. The fraction of sp³-hybridized carbons (Fsp3) is 0.562. The van der Waals surface area contributed by atoms with Gasteiger partial charge in [0.15, 0.2) is 0 Å². The van der Waals surface area contributed by atoms with E-state index >= 15 is 0 Å². The monoisotopic (exact) mass is 275 g/mol. The molecule has 3 rings (SSSR count). The Morgan fingerprint density at radius 1 is 1.35 bits per heavy atom. The van der Waals surface area contributed by atoms with E-state index in [1.165, 1.54) is 0 Å². The van der Waals surface area contributed by atoms with Gasteiger partial charge in [0.25, 0.3) is 5.91 Å². The van der Waals surface area contributed by atoms with Crippen LogP contribution in [0.25, 0.3) is 0 Å². The first kappa shape index (κ1) is 13.4. The minimum atomic E-state index is -0.156. The van der Waals surface area contributed by atoms with Crippen LogP contribution >= 0.6 is 0 Å². The Kier molecular flexibility index (Phi) is 3.42. The number of amides is 1. The van der Waals surface area contributed by atoms with Gasteiger partial charge in [-0.1, -0.05) is 6.07 Å². The Morgan fingerprint density at radius 2 is 2.10 bits per heavy atom. The molecule has 1 spiro atoms. The molecule has 2 aliphatic rings. The number of hydrogen-bond donors (Lipinski definition) is 1. The normalized spacial score (nSPS) is 24.3. The van der Waals surface area contributed by atoms with Gasteiger partial charge in [0.1, 0.15) is 5.75 Å². The number of benzene rings is 1. The van der Waals surface area contributed by atoms with Crippen LogP contribution in [0.15, 0.2) is 24.3 Å². The lowest BCUT2D eigenvalue weighted by Gasteiger charge is -2.51. The predicted molar refractivity (Wildman–Crippen MR) is 75.8 cm³/mol. The van der Waals surface area contributed by atoms with Crippen LogP contribution in [0.5, 0.6) is 5.75 Å². The summed E-state index contributed by atoms with van der Waals surface area (Å²) in [6, 6.07) is 7.29. The Morgan fingerprint density at radius 3 is 2.65 bits per heavy atom. The number of hydrogen-bond acceptors (Lipinski definition) is 3. The first-order chi connectivity index (χ1) is 9.64. The molecule has 1 unspecified atom stereocenters. The third-order valence-electron chi connectivity index (χ3n) is 4.99. The lowest BCUT2D eigenvalue weighted by molar-refractivity contribution is -0.0952. The minimum Gasteiger partial charge on any atom is -0.497 e. The molecule has 1 atom stereocenters. The summed E-state index contributed by atoms with van der Waals surface area (Å²) in [5.74, 6) is 0.770. The van der Waals surface area contributed by atoms with E-state index in [1.807, 2.05) is 23.1 Å². The number of carbonyl (C=O) groups excluding carboxylic acids is 1. The Bertz CT molecular complexity index is 506. The number of aliphatic hydroxyl groups is 1. The Labute approximate surface area is 119 Å². The first-order valence-corrected chi connectivity index (χ1v) is 7.26. The van der Waals surface area contributed by atoms with Gasteiger partial charge in [-0.05, 0) is 49.3 Å². The van der Waals surface area contributed by atoms with E-state index < -0.39 is 0 Å². The summed E-state index contributed by atoms with van der Waals surface area (Å²) in [6.45, 7) is 1.49. The average molecular weight is 275 g/mol. The molecule has 1 aliphatic heterocycles. The van der Waals surface area contributed by atoms with Crippen LogP contribution in [0, 0.1) is 5.41 Å². The summed E-state index contributed by atoms with van der Waals surface area (Å²) in [5.41, 5.74) is 0.778. The molecule has 1 aliphatic carbocycles. The number of aliphatic hydroxyl groups excluding tert-OH is 1. The van der Waals surface area contributed by atoms with Crippen molar-refractivity contribution >= 4 is 5.91 Å². The molecule has 4 heteroatoms. The summed E-state index contributed by atoms with van der Waals surface area (Å²) < 4.78 is 5.16. The number of methoxy groups -OCH3 is 1. The molecule has 1 heterocycles. The molecule has 1 aromatic rings. The maximum Gasteiger partial charge on any atom is 0.253 e. The highest BCUT2D eigenvalue weighted by Crippen LogP contribution is 2.49. The van der Waals surface area contributed by atoms with E-state index in [0.717, 1.165) is 38.8 Å². The lowest BCUT2D eigenvalue weighted by atomic mass is 9.61. The molecular formula is C16H21NO3. The fourth-order valence-electron chi connectivity index (χ4n) is 3.36. The number of carbonyl (C=O) groups is 1. The van der Waals surface area contributed by atoms with Gasteiger partial charge < -0.3 is 14.7 Å². The van der Waals surface area contributed by atoms with E-state index in [4.69, 9.17) is 4.74 Å². The number of ether oxygens (including phenoxy) is 1. The van der Waals surface area contributed by atoms with Gasteiger partial charge in [-0.3, -0.25) is 4.79 Å². The van der Waals surface area contributed by atoms with Crippen LogP contribution in [0.2, 0.25) is 0 Å². The summed E-state index contributed by atoms with van der Waals surface area (Å²) in [5, 5.41) is 9.91. The van der Waals surface area contributed by atoms with E-state index in [0.29, 0.717) is 11.3 Å². The van der Waals surface area contributed by atoms with Crippen molar-refractivity contribution in [3.8, 4) is 5.75 Å². The lowest BCUT2D eigenvalue weighted by Crippen LogP contribution is -2.53. The Hall–Kier alpha value is -1.55. The van der Waals surface area contributed by atoms with E-state index in [1.54, 1.807) is 13.2 Å². The Balaban J connectivity index is 1.67. The molecule has 4 nitrogen and oxygen atoms in total. The van der Waals surface area contributed by atoms with Gasteiger partial charge in [-0.2, -0.15) is 0 Å². The summed E-state index contributed by atoms with van der Waals surface area (Å²) >= 11 is 0. The van der Waals surface area contributed by atoms with Gasteiger partial charge in [-0.15, -0.1) is 0 Å². The van der Waals surface area contributed by atoms with Gasteiger partial charge in [-0.25, -0.2) is 0 Å². The van der Waals surface area contributed by atoms with Crippen LogP contribution in [-0.2, 0) is 0 Å². The first-order valence-electron chi connectivity index (χ1n) is 7.26. The van der Waals surface area contributed by atoms with E-state index in [-0.39, 0.29) is 17.4 Å². The highest BCUT2D eigenvalue weighted by Gasteiger charge is 2.47. The molecule has 0 radical (unpaired) electrons. The maximum atomic E-state index is 12.5. The third kappa shape index (κ3) is 2.18. The maximum absolute atomic E-state index is 12.5. The zero-order chi connectivity index (χ0) is 14.2. The number of likely N-dealkylation sites (tertiary alicyclic amines) is 1. The molecular weight excluding hydrogens is 254 g/mol. The molecule has 0 aromatic heterocycles. The van der Waals surface area contributed by atoms with E-state index in [2.05, 4.69) is 0 Å². The SMILES string of the molecule is COc1cccc(C(=O)N2CCC3(CCC3O)CC2)c1. The summed E-state index contributed by atoms with van der Waals surface area (Å²) in [7, 11) is 1.60. The highest BCUT2D eigenvalue weighted by atomic mass is 16.5. The van der Waals surface area contributed by atoms with Crippen molar-refractivity contribution in [1.29, 1.82) is 0 Å². The van der Waals surface area contributed by atoms with E-state index in [9.17, 15) is 9.90 Å². The molecule has 1 N–H and O–H groups in total. The molecule has 20 heavy (non-hydrogen) atoms. The van der Waals surface area contributed by atoms with Gasteiger partial charge >= 0.3 is 0 Å². The predicted octanol–water partition coefficient (Wildman–Crippen LogP) is 2.07. The third-order valence-corrected chi connectivity index (χ3v) is 4.99. The summed E-state index contributed by atoms with van der Waals surface area (Å²) in [6.07, 6.45) is 3.71.